The molecule has 0 atom stereocenters. The number of rotatable bonds is 16. The van der Waals surface area contributed by atoms with Crippen molar-refractivity contribution in [3.63, 3.8) is 0 Å². The van der Waals surface area contributed by atoms with Crippen LogP contribution in [0.15, 0.2) is 123 Å². The van der Waals surface area contributed by atoms with Crippen molar-refractivity contribution in [2.75, 3.05) is 98.9 Å². The Kier molecular flexibility index (Phi) is 21.6. The van der Waals surface area contributed by atoms with Gasteiger partial charge in [-0.05, 0) is 107 Å². The van der Waals surface area contributed by atoms with Crippen LogP contribution in [0, 0.1) is 0 Å². The van der Waals surface area contributed by atoms with Gasteiger partial charge in [0.15, 0.2) is 5.69 Å². The molecule has 9 aromatic rings. The van der Waals surface area contributed by atoms with Gasteiger partial charge < -0.3 is 64.2 Å². The zero-order valence-corrected chi connectivity index (χ0v) is 53.8. The lowest BCUT2D eigenvalue weighted by Crippen LogP contribution is -2.40. The highest BCUT2D eigenvalue weighted by molar-refractivity contribution is 5.94. The van der Waals surface area contributed by atoms with Crippen molar-refractivity contribution >= 4 is 73.9 Å². The van der Waals surface area contributed by atoms with Crippen molar-refractivity contribution in [1.29, 1.82) is 0 Å². The van der Waals surface area contributed by atoms with Crippen LogP contribution in [0.3, 0.4) is 0 Å². The Morgan fingerprint density at radius 1 is 0.423 bits per heavy atom. The third-order valence-corrected chi connectivity index (χ3v) is 18.1. The first kappa shape index (κ1) is 65.5. The first-order valence-corrected chi connectivity index (χ1v) is 33.4. The van der Waals surface area contributed by atoms with Crippen LogP contribution < -0.4 is 44.9 Å². The number of ether oxygens (including phenoxy) is 6. The molecule has 6 aromatic heterocycles. The van der Waals surface area contributed by atoms with Gasteiger partial charge in [0.05, 0.1) is 80.1 Å². The number of nitrogens with zero attached hydrogens (tertiary/aromatic N) is 15. The molecule has 0 bridgehead atoms. The van der Waals surface area contributed by atoms with E-state index in [1.807, 2.05) is 0 Å². The minimum atomic E-state index is -1.06. The van der Waals surface area contributed by atoms with Gasteiger partial charge in [-0.2, -0.15) is 0 Å². The number of carboxylic acids is 1. The van der Waals surface area contributed by atoms with Crippen LogP contribution in [0.25, 0.3) is 33.1 Å². The fraction of sp³-hybridized carbons (Fsp3) is 0.435. The number of carboxylic acid groups (broad SMARTS) is 1. The van der Waals surface area contributed by atoms with Gasteiger partial charge in [0.2, 0.25) is 5.95 Å². The molecule has 2 amide bonds. The maximum Gasteiger partial charge on any atom is 0.354 e. The van der Waals surface area contributed by atoms with Crippen LogP contribution in [-0.2, 0) is 14.2 Å². The maximum atomic E-state index is 12.4. The molecular weight excluding hydrogens is 1240 g/mol. The molecule has 3 saturated carbocycles. The molecule has 15 rings (SSSR count). The Bertz CT molecular complexity index is 3920. The van der Waals surface area contributed by atoms with Gasteiger partial charge in [-0.1, -0.05) is 0 Å². The zero-order chi connectivity index (χ0) is 66.1. The number of nitrogens with one attached hydrogen (secondary N) is 3. The van der Waals surface area contributed by atoms with Crippen LogP contribution >= 0.6 is 0 Å². The summed E-state index contributed by atoms with van der Waals surface area (Å²) in [7, 11) is 0. The number of hydrogen-bond acceptors (Lipinski definition) is 25. The Balaban J connectivity index is 0.000000131. The summed E-state index contributed by atoms with van der Waals surface area (Å²) in [6.45, 7) is 9.39. The first-order valence-electron chi connectivity index (χ1n) is 33.4. The molecule has 6 fully saturated rings. The largest absolute Gasteiger partial charge is 0.488 e. The van der Waals surface area contributed by atoms with E-state index in [0.717, 1.165) is 210 Å². The van der Waals surface area contributed by atoms with Gasteiger partial charge in [0.1, 0.15) is 52.1 Å². The smallest absolute Gasteiger partial charge is 0.354 e. The Hall–Kier alpha value is -10.2. The summed E-state index contributed by atoms with van der Waals surface area (Å²) in [5, 5.41) is 18.5. The van der Waals surface area contributed by atoms with E-state index in [1.165, 1.54) is 37.3 Å². The maximum absolute atomic E-state index is 12.4. The summed E-state index contributed by atoms with van der Waals surface area (Å²) in [5.74, 6) is 1.30. The first-order chi connectivity index (χ1) is 47.7. The molecule has 28 nitrogen and oxygen atoms in total. The van der Waals surface area contributed by atoms with E-state index in [-0.39, 0.29) is 53.9 Å². The molecule has 3 aliphatic carbocycles. The van der Waals surface area contributed by atoms with E-state index in [0.29, 0.717) is 30.4 Å². The highest BCUT2D eigenvalue weighted by Crippen LogP contribution is 2.37. The monoisotopic (exact) mass is 1320 g/mol. The molecule has 9 heterocycles. The number of aromatic nitrogens is 12. The number of aromatic carboxylic acids is 1. The van der Waals surface area contributed by atoms with E-state index in [1.54, 1.807) is 49.4 Å². The van der Waals surface area contributed by atoms with Gasteiger partial charge in [0.25, 0.3) is 11.8 Å². The lowest BCUT2D eigenvalue weighted by atomic mass is 9.92. The third-order valence-electron chi connectivity index (χ3n) is 18.1. The molecule has 3 aliphatic heterocycles. The number of amides is 2. The molecule has 4 N–H and O–H groups in total. The number of anilines is 4. The normalized spacial score (nSPS) is 21.2. The van der Waals surface area contributed by atoms with Crippen molar-refractivity contribution in [2.45, 2.75) is 113 Å². The van der Waals surface area contributed by atoms with Crippen LogP contribution in [0.2, 0.25) is 0 Å². The van der Waals surface area contributed by atoms with Crippen LogP contribution in [0.1, 0.15) is 108 Å². The zero-order valence-electron chi connectivity index (χ0n) is 53.8. The summed E-state index contributed by atoms with van der Waals surface area (Å²) in [5.41, 5.74) is 8.92. The van der Waals surface area contributed by atoms with Gasteiger partial charge in [-0.25, -0.2) is 49.7 Å². The third kappa shape index (κ3) is 17.3. The fourth-order valence-corrected chi connectivity index (χ4v) is 13.0. The van der Waals surface area contributed by atoms with Crippen molar-refractivity contribution in [1.82, 2.24) is 70.4 Å². The van der Waals surface area contributed by atoms with Crippen molar-refractivity contribution in [3.8, 4) is 17.2 Å². The average Bonchev–Trinajstić information content (AvgIpc) is 0.836. The van der Waals surface area contributed by atoms with Gasteiger partial charge in [0, 0.05) is 155 Å². The fourth-order valence-electron chi connectivity index (χ4n) is 13.0. The number of benzene rings is 3. The second-order valence-electron chi connectivity index (χ2n) is 24.6. The lowest BCUT2D eigenvalue weighted by molar-refractivity contribution is 0.0689. The summed E-state index contributed by atoms with van der Waals surface area (Å²) < 4.78 is 35.8. The predicted molar refractivity (Wildman–Crippen MR) is 359 cm³/mol. The number of morpholine rings is 3. The molecule has 0 radical (unpaired) electrons. The van der Waals surface area contributed by atoms with E-state index in [2.05, 4.69) is 127 Å². The van der Waals surface area contributed by atoms with E-state index < -0.39 is 5.97 Å². The molecule has 3 saturated heterocycles. The predicted octanol–water partition coefficient (Wildman–Crippen LogP) is 7.51. The van der Waals surface area contributed by atoms with E-state index >= 15 is 0 Å². The number of carbonyl (C=O) groups is 3. The SMILES string of the molecule is O=C(NC1CCC(Oc2cc(N3CCOCC3)cc3nccnc23)CC1)c1ccncn1.O=C(NC1CCC(Oc2cc(N3CCOCC3)cc3nccnc23)CC1)c1cncnc1.O=C(O)c1ccnc(NC2CCC(Oc3cc(N4CCOCC4)cc4nccnc34)CC2)n1. The molecule has 0 spiro atoms. The van der Waals surface area contributed by atoms with Gasteiger partial charge in [-0.3, -0.25) is 24.5 Å². The van der Waals surface area contributed by atoms with Gasteiger partial charge >= 0.3 is 5.97 Å². The minimum Gasteiger partial charge on any atom is -0.488 e. The van der Waals surface area contributed by atoms with Crippen LogP contribution in [-0.4, -0.2) is 198 Å². The molecule has 28 heteroatoms. The Morgan fingerprint density at radius 2 is 0.825 bits per heavy atom. The summed E-state index contributed by atoms with van der Waals surface area (Å²) >= 11 is 0. The van der Waals surface area contributed by atoms with Crippen molar-refractivity contribution in [3.05, 3.63) is 140 Å². The number of fused-ring (bicyclic) bond motifs is 3. The van der Waals surface area contributed by atoms with Crippen LogP contribution in [0.5, 0.6) is 17.2 Å². The standard InChI is InChI=1S/C23H26N6O4.2C23H26N6O3/c30-22(31)18-5-6-26-23(28-18)27-15-1-3-17(4-2-15)33-20-14-16(29-9-11-32-12-10-29)13-19-21(20)25-8-7-24-19;30-23(16-13-24-15-25-14-16)28-17-1-3-19(4-2-17)32-21-12-18(29-7-9-31-10-8-29)11-20-22(21)27-6-5-26-20;30-23(19-5-6-24-15-27-19)28-16-1-3-18(4-2-16)32-21-14-17(29-9-11-31-12-10-29)13-20-22(21)26-8-7-25-20/h5-8,13-15,17H,1-4,9-12H2,(H,30,31)(H,26,27,28);5-6,11-15,17,19H,1-4,7-10H2,(H,28,30);5-8,13-16,18H,1-4,9-12H2,(H,28,30). The summed E-state index contributed by atoms with van der Waals surface area (Å²) in [6.07, 6.45) is 29.7. The second-order valence-corrected chi connectivity index (χ2v) is 24.6. The van der Waals surface area contributed by atoms with E-state index in [9.17, 15) is 14.4 Å². The number of hydrogen-bond donors (Lipinski definition) is 4. The Labute approximate surface area is 559 Å². The topological polar surface area (TPSA) is 327 Å². The molecular formula is C69H78N18O10. The molecule has 6 aliphatic rings. The molecule has 97 heavy (non-hydrogen) atoms. The summed E-state index contributed by atoms with van der Waals surface area (Å²) in [6, 6.07) is 15.8. The number of carbonyl (C=O) groups excluding carboxylic acids is 2. The average molecular weight is 1320 g/mol. The van der Waals surface area contributed by atoms with Crippen LogP contribution in [0.4, 0.5) is 23.0 Å². The molecule has 504 valence electrons. The quantitative estimate of drug-likeness (QED) is 0.0727. The lowest BCUT2D eigenvalue weighted by Gasteiger charge is -2.31. The van der Waals surface area contributed by atoms with E-state index in [4.69, 9.17) is 33.5 Å². The van der Waals surface area contributed by atoms with Gasteiger partial charge in [-0.15, -0.1) is 0 Å². The Morgan fingerprint density at radius 3 is 1.24 bits per heavy atom. The second kappa shape index (κ2) is 32.0. The molecule has 0 unspecified atom stereocenters. The minimum absolute atomic E-state index is 0.0161. The summed E-state index contributed by atoms with van der Waals surface area (Å²) in [4.78, 5) is 93.7. The highest BCUT2D eigenvalue weighted by atomic mass is 16.5. The molecule has 3 aromatic carbocycles. The highest BCUT2D eigenvalue weighted by Gasteiger charge is 2.30. The van der Waals surface area contributed by atoms with Crippen molar-refractivity contribution < 1.29 is 47.9 Å². The van der Waals surface area contributed by atoms with Crippen molar-refractivity contribution in [2.24, 2.45) is 0 Å².